The zero-order chi connectivity index (χ0) is 5.58. The molecule has 1 radical (unpaired) electrons. The largest absolute Gasteiger partial charge is 0.312 e. The molecule has 0 bridgehead atoms. The molecule has 0 saturated heterocycles. The van der Waals surface area contributed by atoms with E-state index in [1.807, 2.05) is 26.0 Å². The molecular formula is C4H12NO. The van der Waals surface area contributed by atoms with Crippen molar-refractivity contribution in [2.24, 2.45) is 0 Å². The molecule has 0 unspecified atom stereocenters. The van der Waals surface area contributed by atoms with Gasteiger partial charge in [0, 0.05) is 0 Å². The number of rotatable bonds is 0. The van der Waals surface area contributed by atoms with Gasteiger partial charge in [0.1, 0.15) is 0 Å². The quantitative estimate of drug-likeness (QED) is 0.417. The Morgan fingerprint density at radius 2 is 1.00 bits per heavy atom. The fraction of sp³-hybridized carbons (Fsp3) is 1.00. The van der Waals surface area contributed by atoms with E-state index in [9.17, 15) is 0 Å². The lowest BCUT2D eigenvalue weighted by Gasteiger charge is -1.90. The minimum atomic E-state index is 0.750. The van der Waals surface area contributed by atoms with Crippen molar-refractivity contribution in [3.05, 3.63) is 0 Å². The zero-order valence-electron chi connectivity index (χ0n) is 4.86. The highest BCUT2D eigenvalue weighted by atomic mass is 16.2. The number of hydrogen-bond donors (Lipinski definition) is 0. The molecule has 2 nitrogen and oxygen atoms in total. The highest BCUT2D eigenvalue weighted by Crippen LogP contribution is 1.47. The Labute approximate surface area is 39.4 Å². The van der Waals surface area contributed by atoms with Gasteiger partial charge in [0.2, 0.25) is 0 Å². The van der Waals surface area contributed by atoms with Gasteiger partial charge in [-0.15, -0.1) is 0 Å². The second kappa shape index (κ2) is 8.87. The molecule has 0 atom stereocenters. The van der Waals surface area contributed by atoms with Gasteiger partial charge in [-0.05, 0) is 21.1 Å². The van der Waals surface area contributed by atoms with Crippen LogP contribution in [-0.2, 0) is 5.11 Å². The Bertz CT molecular complexity index is 12.3. The molecule has 0 saturated carbocycles. The van der Waals surface area contributed by atoms with Crippen LogP contribution in [0.5, 0.6) is 0 Å². The standard InChI is InChI=1S/C3H9N.CH3O/c1-4(2)3;1-2/h1-3H3;1H3. The maximum absolute atomic E-state index is 8.25. The summed E-state index contributed by atoms with van der Waals surface area (Å²) in [5, 5.41) is 8.25. The summed E-state index contributed by atoms with van der Waals surface area (Å²) < 4.78 is 0. The van der Waals surface area contributed by atoms with E-state index in [1.54, 1.807) is 0 Å². The van der Waals surface area contributed by atoms with Gasteiger partial charge in [0.25, 0.3) is 0 Å². The van der Waals surface area contributed by atoms with Crippen molar-refractivity contribution in [1.82, 2.24) is 4.90 Å². The van der Waals surface area contributed by atoms with Crippen LogP contribution in [0.25, 0.3) is 0 Å². The van der Waals surface area contributed by atoms with Crippen molar-refractivity contribution >= 4 is 0 Å². The van der Waals surface area contributed by atoms with E-state index in [2.05, 4.69) is 0 Å². The van der Waals surface area contributed by atoms with E-state index < -0.39 is 0 Å². The normalized spacial score (nSPS) is 7.00. The van der Waals surface area contributed by atoms with Gasteiger partial charge < -0.3 is 4.90 Å². The molecule has 0 fully saturated rings. The molecule has 0 rings (SSSR count). The minimum Gasteiger partial charge on any atom is -0.312 e. The zero-order valence-corrected chi connectivity index (χ0v) is 4.86. The summed E-state index contributed by atoms with van der Waals surface area (Å²) in [4.78, 5) is 2.00. The summed E-state index contributed by atoms with van der Waals surface area (Å²) in [5.74, 6) is 0. The lowest BCUT2D eigenvalue weighted by molar-refractivity contribution is 0.282. The molecule has 6 heavy (non-hydrogen) atoms. The maximum atomic E-state index is 8.25. The van der Waals surface area contributed by atoms with E-state index >= 15 is 0 Å². The Balaban J connectivity index is 0. The average Bonchev–Trinajstić information content (AvgIpc) is 1.41. The Hall–Kier alpha value is -0.0800. The highest BCUT2D eigenvalue weighted by molar-refractivity contribution is 4.09. The van der Waals surface area contributed by atoms with E-state index in [0.29, 0.717) is 0 Å². The molecule has 0 heterocycles. The van der Waals surface area contributed by atoms with Crippen molar-refractivity contribution in [2.75, 3.05) is 28.3 Å². The highest BCUT2D eigenvalue weighted by Gasteiger charge is 1.58. The van der Waals surface area contributed by atoms with Crippen LogP contribution in [0.1, 0.15) is 0 Å². The van der Waals surface area contributed by atoms with Crippen LogP contribution in [0.2, 0.25) is 0 Å². The summed E-state index contributed by atoms with van der Waals surface area (Å²) in [6, 6.07) is 0. The predicted molar refractivity (Wildman–Crippen MR) is 26.2 cm³/mol. The predicted octanol–water partition coefficient (Wildman–Crippen LogP) is 0.224. The third-order valence-corrected chi connectivity index (χ3v) is 0. The van der Waals surface area contributed by atoms with Crippen molar-refractivity contribution in [3.8, 4) is 0 Å². The molecule has 39 valence electrons. The Kier molecular flexibility index (Phi) is 13.8. The molecule has 0 aliphatic rings. The third-order valence-electron chi connectivity index (χ3n) is 0. The molecule has 0 N–H and O–H groups in total. The topological polar surface area (TPSA) is 23.1 Å². The van der Waals surface area contributed by atoms with E-state index in [1.165, 1.54) is 0 Å². The molecule has 0 amide bonds. The first kappa shape index (κ1) is 9.33. The van der Waals surface area contributed by atoms with E-state index in [0.717, 1.165) is 7.11 Å². The fourth-order valence-electron chi connectivity index (χ4n) is 0. The first-order valence-corrected chi connectivity index (χ1v) is 1.75. The molecule has 0 aromatic carbocycles. The van der Waals surface area contributed by atoms with Crippen molar-refractivity contribution < 1.29 is 5.11 Å². The van der Waals surface area contributed by atoms with Crippen LogP contribution < -0.4 is 0 Å². The fourth-order valence-corrected chi connectivity index (χ4v) is 0. The van der Waals surface area contributed by atoms with E-state index in [-0.39, 0.29) is 0 Å². The lowest BCUT2D eigenvalue weighted by Crippen LogP contribution is -1.99. The maximum Gasteiger partial charge on any atom is 0.0712 e. The molecule has 0 aliphatic carbocycles. The summed E-state index contributed by atoms with van der Waals surface area (Å²) in [7, 11) is 6.75. The van der Waals surface area contributed by atoms with Crippen LogP contribution in [0, 0.1) is 0 Å². The molecule has 0 spiro atoms. The van der Waals surface area contributed by atoms with Gasteiger partial charge in [-0.25, -0.2) is 5.11 Å². The van der Waals surface area contributed by atoms with Gasteiger partial charge in [-0.3, -0.25) is 0 Å². The first-order chi connectivity index (χ1) is 2.73. The van der Waals surface area contributed by atoms with Gasteiger partial charge in [-0.1, -0.05) is 0 Å². The van der Waals surface area contributed by atoms with Gasteiger partial charge in [0.05, 0.1) is 7.11 Å². The van der Waals surface area contributed by atoms with Crippen molar-refractivity contribution in [2.45, 2.75) is 0 Å². The summed E-state index contributed by atoms with van der Waals surface area (Å²) >= 11 is 0. The molecule has 0 aromatic rings. The van der Waals surface area contributed by atoms with Crippen LogP contribution in [0.4, 0.5) is 0 Å². The first-order valence-electron chi connectivity index (χ1n) is 1.75. The van der Waals surface area contributed by atoms with Gasteiger partial charge >= 0.3 is 0 Å². The van der Waals surface area contributed by atoms with Crippen LogP contribution in [-0.4, -0.2) is 33.2 Å². The molecule has 0 aliphatic heterocycles. The minimum absolute atomic E-state index is 0.750. The van der Waals surface area contributed by atoms with Gasteiger partial charge in [0.15, 0.2) is 0 Å². The second-order valence-electron chi connectivity index (χ2n) is 1.34. The molecular weight excluding hydrogens is 78.0 g/mol. The molecule has 2 heteroatoms. The lowest BCUT2D eigenvalue weighted by atomic mass is 11.0. The van der Waals surface area contributed by atoms with E-state index in [4.69, 9.17) is 5.11 Å². The van der Waals surface area contributed by atoms with Crippen molar-refractivity contribution in [3.63, 3.8) is 0 Å². The summed E-state index contributed by atoms with van der Waals surface area (Å²) in [5.41, 5.74) is 0. The number of hydrogen-bond acceptors (Lipinski definition) is 1. The number of nitrogens with zero attached hydrogens (tertiary/aromatic N) is 1. The summed E-state index contributed by atoms with van der Waals surface area (Å²) in [6.45, 7) is 0. The van der Waals surface area contributed by atoms with Crippen LogP contribution in [0.3, 0.4) is 0 Å². The third kappa shape index (κ3) is 5220. The van der Waals surface area contributed by atoms with Crippen LogP contribution in [0.15, 0.2) is 0 Å². The average molecular weight is 90.1 g/mol. The Morgan fingerprint density at radius 3 is 1.00 bits per heavy atom. The smallest absolute Gasteiger partial charge is 0.0712 e. The molecule has 0 aromatic heterocycles. The monoisotopic (exact) mass is 90.1 g/mol. The second-order valence-corrected chi connectivity index (χ2v) is 1.34. The summed E-state index contributed by atoms with van der Waals surface area (Å²) in [6.07, 6.45) is 0. The van der Waals surface area contributed by atoms with Gasteiger partial charge in [-0.2, -0.15) is 0 Å². The van der Waals surface area contributed by atoms with Crippen molar-refractivity contribution in [1.29, 1.82) is 0 Å². The Morgan fingerprint density at radius 1 is 1.00 bits per heavy atom. The van der Waals surface area contributed by atoms with Crippen LogP contribution >= 0.6 is 0 Å². The SMILES string of the molecule is CN(C)C.C[O].